The van der Waals surface area contributed by atoms with Crippen LogP contribution in [0.15, 0.2) is 24.5 Å². The van der Waals surface area contributed by atoms with E-state index in [2.05, 4.69) is 28.1 Å². The molecule has 0 unspecified atom stereocenters. The third-order valence-corrected chi connectivity index (χ3v) is 5.19. The minimum Gasteiger partial charge on any atom is -0.357 e. The Morgan fingerprint density at radius 1 is 1.42 bits per heavy atom. The van der Waals surface area contributed by atoms with Crippen molar-refractivity contribution in [2.45, 2.75) is 25.8 Å². The summed E-state index contributed by atoms with van der Waals surface area (Å²) in [5, 5.41) is 4.33. The summed E-state index contributed by atoms with van der Waals surface area (Å²) in [5.41, 5.74) is 2.91. The van der Waals surface area contributed by atoms with Crippen LogP contribution in [0, 0.1) is 12.8 Å². The summed E-state index contributed by atoms with van der Waals surface area (Å²) in [5.74, 6) is 0.470. The molecular weight excluding hydrogens is 302 g/mol. The van der Waals surface area contributed by atoms with E-state index in [0.29, 0.717) is 17.7 Å². The van der Waals surface area contributed by atoms with E-state index in [-0.39, 0.29) is 5.91 Å². The Morgan fingerprint density at radius 3 is 2.83 bits per heavy atom. The number of amides is 1. The fraction of sp³-hybridized carbons (Fsp3) is 0.556. The molecule has 3 heterocycles. The monoisotopic (exact) mass is 329 g/mol. The van der Waals surface area contributed by atoms with Gasteiger partial charge in [0.25, 0.3) is 5.91 Å². The highest BCUT2D eigenvalue weighted by Crippen LogP contribution is 2.35. The van der Waals surface area contributed by atoms with Crippen LogP contribution in [0.25, 0.3) is 0 Å². The average molecular weight is 329 g/mol. The molecule has 6 heteroatoms. The molecule has 0 radical (unpaired) electrons. The van der Waals surface area contributed by atoms with Crippen molar-refractivity contribution in [1.82, 2.24) is 24.6 Å². The van der Waals surface area contributed by atoms with E-state index < -0.39 is 0 Å². The largest absolute Gasteiger partial charge is 0.357 e. The molecule has 6 nitrogen and oxygen atoms in total. The molecule has 1 saturated heterocycles. The van der Waals surface area contributed by atoms with Crippen molar-refractivity contribution >= 4 is 5.91 Å². The molecule has 1 fully saturated rings. The first-order chi connectivity index (χ1) is 11.5. The van der Waals surface area contributed by atoms with Crippen molar-refractivity contribution in [3.05, 3.63) is 41.5 Å². The van der Waals surface area contributed by atoms with Gasteiger partial charge in [-0.2, -0.15) is 5.10 Å². The Hall–Kier alpha value is -2.08. The summed E-state index contributed by atoms with van der Waals surface area (Å²) in [7, 11) is 6.06. The van der Waals surface area contributed by atoms with Gasteiger partial charge in [0, 0.05) is 33.0 Å². The highest BCUT2D eigenvalue weighted by atomic mass is 16.2. The van der Waals surface area contributed by atoms with Crippen LogP contribution in [0.4, 0.5) is 0 Å². The lowest BCUT2D eigenvalue weighted by molar-refractivity contribution is 0.0626. The number of nitrogens with zero attached hydrogens (tertiary/aromatic N) is 4. The maximum Gasteiger partial charge on any atom is 0.270 e. The molecule has 1 N–H and O–H groups in total. The molecule has 2 aromatic rings. The third kappa shape index (κ3) is 3.11. The molecule has 24 heavy (non-hydrogen) atoms. The number of hydrogen-bond acceptors (Lipinski definition) is 3. The molecule has 1 amide bonds. The number of piperidine rings is 1. The first-order valence-electron chi connectivity index (χ1n) is 8.56. The van der Waals surface area contributed by atoms with E-state index in [0.717, 1.165) is 25.1 Å². The molecule has 2 atom stereocenters. The number of aromatic nitrogens is 3. The van der Waals surface area contributed by atoms with Crippen LogP contribution in [0.5, 0.6) is 0 Å². The highest BCUT2D eigenvalue weighted by Gasteiger charge is 2.34. The van der Waals surface area contributed by atoms with Gasteiger partial charge in [0.1, 0.15) is 5.69 Å². The molecule has 0 aliphatic carbocycles. The Kier molecular flexibility index (Phi) is 4.76. The molecular formula is C18H27N5O. The van der Waals surface area contributed by atoms with Crippen LogP contribution in [0.1, 0.15) is 40.6 Å². The highest BCUT2D eigenvalue weighted by molar-refractivity contribution is 5.93. The van der Waals surface area contributed by atoms with Crippen molar-refractivity contribution in [2.24, 2.45) is 13.0 Å². The maximum atomic E-state index is 12.7. The minimum atomic E-state index is 0.0643. The van der Waals surface area contributed by atoms with Gasteiger partial charge in [0.05, 0.1) is 11.7 Å². The summed E-state index contributed by atoms with van der Waals surface area (Å²) < 4.78 is 1.95. The maximum absolute atomic E-state index is 12.7. The summed E-state index contributed by atoms with van der Waals surface area (Å²) in [6.07, 6.45) is 5.97. The van der Waals surface area contributed by atoms with Crippen LogP contribution in [0.2, 0.25) is 0 Å². The van der Waals surface area contributed by atoms with E-state index in [1.54, 1.807) is 0 Å². The molecule has 0 spiro atoms. The van der Waals surface area contributed by atoms with Gasteiger partial charge < -0.3 is 9.88 Å². The van der Waals surface area contributed by atoms with Crippen molar-refractivity contribution < 1.29 is 4.79 Å². The summed E-state index contributed by atoms with van der Waals surface area (Å²) in [4.78, 5) is 20.0. The standard InChI is InChI=1S/C18H27N5O/c1-13-7-9-19-16(13)18(24)22(3)12-14-6-5-11-21(2)17(14)15-8-10-20-23(15)4/h7-10,14,17,19H,5-6,11-12H2,1-4H3/t14-,17+/m0/s1. The summed E-state index contributed by atoms with van der Waals surface area (Å²) >= 11 is 0. The summed E-state index contributed by atoms with van der Waals surface area (Å²) in [6.45, 7) is 3.79. The predicted molar refractivity (Wildman–Crippen MR) is 93.8 cm³/mol. The van der Waals surface area contributed by atoms with Gasteiger partial charge in [-0.1, -0.05) is 0 Å². The van der Waals surface area contributed by atoms with E-state index in [4.69, 9.17) is 0 Å². The van der Waals surface area contributed by atoms with E-state index in [1.165, 1.54) is 12.1 Å². The molecule has 3 rings (SSSR count). The Labute approximate surface area is 143 Å². The number of carbonyl (C=O) groups is 1. The van der Waals surface area contributed by atoms with Crippen molar-refractivity contribution in [2.75, 3.05) is 27.2 Å². The van der Waals surface area contributed by atoms with Gasteiger partial charge in [0.15, 0.2) is 0 Å². The zero-order valence-corrected chi connectivity index (χ0v) is 15.0. The lowest BCUT2D eigenvalue weighted by atomic mass is 9.87. The Morgan fingerprint density at radius 2 is 2.21 bits per heavy atom. The number of likely N-dealkylation sites (tertiary alicyclic amines) is 1. The second kappa shape index (κ2) is 6.81. The minimum absolute atomic E-state index is 0.0643. The van der Waals surface area contributed by atoms with Crippen LogP contribution < -0.4 is 0 Å². The number of nitrogens with one attached hydrogen (secondary N) is 1. The second-order valence-electron chi connectivity index (χ2n) is 6.93. The van der Waals surface area contributed by atoms with Crippen molar-refractivity contribution in [1.29, 1.82) is 0 Å². The zero-order valence-electron chi connectivity index (χ0n) is 15.0. The molecule has 1 aliphatic heterocycles. The van der Waals surface area contributed by atoms with Crippen LogP contribution in [0.3, 0.4) is 0 Å². The van der Waals surface area contributed by atoms with Crippen LogP contribution >= 0.6 is 0 Å². The molecule has 1 aliphatic rings. The lowest BCUT2D eigenvalue weighted by Gasteiger charge is -2.40. The van der Waals surface area contributed by atoms with E-state index in [1.807, 2.05) is 49.1 Å². The number of aromatic amines is 1. The van der Waals surface area contributed by atoms with Gasteiger partial charge in [0.2, 0.25) is 0 Å². The SMILES string of the molecule is Cc1cc[nH]c1C(=O)N(C)C[C@@H]1CCCN(C)[C@H]1c1ccnn1C. The average Bonchev–Trinajstić information content (AvgIpc) is 3.15. The van der Waals surface area contributed by atoms with Crippen LogP contribution in [-0.2, 0) is 7.05 Å². The second-order valence-corrected chi connectivity index (χ2v) is 6.93. The van der Waals surface area contributed by atoms with Gasteiger partial charge in [-0.25, -0.2) is 0 Å². The van der Waals surface area contributed by atoms with Gasteiger partial charge >= 0.3 is 0 Å². The lowest BCUT2D eigenvalue weighted by Crippen LogP contribution is -2.43. The summed E-state index contributed by atoms with van der Waals surface area (Å²) in [6, 6.07) is 4.33. The third-order valence-electron chi connectivity index (χ3n) is 5.19. The van der Waals surface area contributed by atoms with E-state index >= 15 is 0 Å². The van der Waals surface area contributed by atoms with Gasteiger partial charge in [-0.05, 0) is 57.0 Å². The number of aryl methyl sites for hydroxylation is 2. The fourth-order valence-electron chi connectivity index (χ4n) is 3.90. The molecule has 0 bridgehead atoms. The first-order valence-corrected chi connectivity index (χ1v) is 8.56. The molecule has 0 saturated carbocycles. The molecule has 2 aromatic heterocycles. The Balaban J connectivity index is 1.78. The number of hydrogen-bond donors (Lipinski definition) is 1. The smallest absolute Gasteiger partial charge is 0.270 e. The number of rotatable bonds is 4. The quantitative estimate of drug-likeness (QED) is 0.936. The Bertz CT molecular complexity index is 704. The van der Waals surface area contributed by atoms with E-state index in [9.17, 15) is 4.79 Å². The number of carbonyl (C=O) groups excluding carboxylic acids is 1. The van der Waals surface area contributed by atoms with Crippen molar-refractivity contribution in [3.8, 4) is 0 Å². The van der Waals surface area contributed by atoms with Crippen LogP contribution in [-0.4, -0.2) is 57.7 Å². The normalized spacial score (nSPS) is 21.8. The first kappa shape index (κ1) is 16.8. The van der Waals surface area contributed by atoms with Gasteiger partial charge in [-0.15, -0.1) is 0 Å². The van der Waals surface area contributed by atoms with Crippen molar-refractivity contribution in [3.63, 3.8) is 0 Å². The number of H-pyrrole nitrogens is 1. The van der Waals surface area contributed by atoms with Gasteiger partial charge in [-0.3, -0.25) is 14.4 Å². The predicted octanol–water partition coefficient (Wildman–Crippen LogP) is 2.21. The molecule has 0 aromatic carbocycles. The molecule has 130 valence electrons. The fourth-order valence-corrected chi connectivity index (χ4v) is 3.90. The topological polar surface area (TPSA) is 57.2 Å². The zero-order chi connectivity index (χ0) is 17.3.